The Morgan fingerprint density at radius 2 is 1.88 bits per heavy atom. The van der Waals surface area contributed by atoms with E-state index in [1.54, 1.807) is 31.2 Å². The van der Waals surface area contributed by atoms with Crippen LogP contribution in [0.1, 0.15) is 12.7 Å². The van der Waals surface area contributed by atoms with E-state index in [0.29, 0.717) is 10.9 Å². The Morgan fingerprint density at radius 3 is 2.62 bits per heavy atom. The number of rotatable bonds is 5. The molecule has 1 N–H and O–H groups in total. The monoisotopic (exact) mass is 411 g/mol. The van der Waals surface area contributed by atoms with Crippen molar-refractivity contribution in [1.29, 1.82) is 0 Å². The van der Waals surface area contributed by atoms with Gasteiger partial charge < -0.3 is 4.98 Å². The molecule has 0 aliphatic carbocycles. The number of halogens is 2. The molecule has 9 heteroatoms. The number of nitrogens with zero attached hydrogens (tertiary/aromatic N) is 2. The summed E-state index contributed by atoms with van der Waals surface area (Å²) in [6.07, 6.45) is 0. The fourth-order valence-electron chi connectivity index (χ4n) is 2.56. The third-order valence-electron chi connectivity index (χ3n) is 3.85. The summed E-state index contributed by atoms with van der Waals surface area (Å²) in [5, 5.41) is 0.786. The molecular formula is C17H15Cl2N3O3S. The Hall–Kier alpha value is -1.93. The molecule has 3 aromatic rings. The van der Waals surface area contributed by atoms with Gasteiger partial charge in [0.1, 0.15) is 10.7 Å². The molecule has 0 amide bonds. The first-order valence-electron chi connectivity index (χ1n) is 7.76. The number of H-pyrrole nitrogens is 1. The van der Waals surface area contributed by atoms with Gasteiger partial charge >= 0.3 is 0 Å². The van der Waals surface area contributed by atoms with Crippen LogP contribution in [0, 0.1) is 0 Å². The molecule has 0 bridgehead atoms. The molecular weight excluding hydrogens is 397 g/mol. The quantitative estimate of drug-likeness (QED) is 0.696. The van der Waals surface area contributed by atoms with E-state index in [1.165, 1.54) is 22.5 Å². The zero-order valence-electron chi connectivity index (χ0n) is 13.7. The third-order valence-corrected chi connectivity index (χ3v) is 6.49. The molecule has 0 unspecified atom stereocenters. The van der Waals surface area contributed by atoms with Crippen LogP contribution in [-0.2, 0) is 16.6 Å². The summed E-state index contributed by atoms with van der Waals surface area (Å²) in [4.78, 5) is 19.1. The second-order valence-electron chi connectivity index (χ2n) is 5.54. The van der Waals surface area contributed by atoms with E-state index in [4.69, 9.17) is 23.2 Å². The van der Waals surface area contributed by atoms with Crippen LogP contribution in [0.4, 0.5) is 0 Å². The van der Waals surface area contributed by atoms with Crippen LogP contribution in [0.25, 0.3) is 10.9 Å². The minimum Gasteiger partial charge on any atom is -0.309 e. The van der Waals surface area contributed by atoms with Crippen LogP contribution in [0.2, 0.25) is 10.0 Å². The largest absolute Gasteiger partial charge is 0.309 e. The summed E-state index contributed by atoms with van der Waals surface area (Å²) in [6.45, 7) is 1.76. The van der Waals surface area contributed by atoms with E-state index < -0.39 is 10.0 Å². The minimum atomic E-state index is -3.91. The summed E-state index contributed by atoms with van der Waals surface area (Å²) < 4.78 is 27.1. The van der Waals surface area contributed by atoms with Crippen molar-refractivity contribution in [2.75, 3.05) is 6.54 Å². The highest BCUT2D eigenvalue weighted by Gasteiger charge is 2.27. The predicted molar refractivity (Wildman–Crippen MR) is 102 cm³/mol. The van der Waals surface area contributed by atoms with E-state index in [-0.39, 0.29) is 39.4 Å². The van der Waals surface area contributed by atoms with Gasteiger partial charge in [-0.1, -0.05) is 42.3 Å². The molecule has 0 fully saturated rings. The fraction of sp³-hybridized carbons (Fsp3) is 0.176. The van der Waals surface area contributed by atoms with Gasteiger partial charge in [-0.05, 0) is 30.3 Å². The van der Waals surface area contributed by atoms with Gasteiger partial charge in [-0.2, -0.15) is 4.31 Å². The Balaban J connectivity index is 2.02. The third kappa shape index (κ3) is 3.61. The van der Waals surface area contributed by atoms with Crippen molar-refractivity contribution in [1.82, 2.24) is 14.3 Å². The summed E-state index contributed by atoms with van der Waals surface area (Å²) in [5.41, 5.74) is 0.181. The first-order valence-corrected chi connectivity index (χ1v) is 9.95. The van der Waals surface area contributed by atoms with Gasteiger partial charge in [0.2, 0.25) is 10.0 Å². The first-order chi connectivity index (χ1) is 12.3. The maximum absolute atomic E-state index is 13.0. The molecule has 1 aromatic heterocycles. The maximum Gasteiger partial charge on any atom is 0.258 e. The van der Waals surface area contributed by atoms with Gasteiger partial charge in [-0.25, -0.2) is 13.4 Å². The number of hydrogen-bond acceptors (Lipinski definition) is 4. The lowest BCUT2D eigenvalue weighted by molar-refractivity contribution is 0.414. The molecule has 6 nitrogen and oxygen atoms in total. The Kier molecular flexibility index (Phi) is 5.34. The average Bonchev–Trinajstić information content (AvgIpc) is 2.61. The number of aromatic nitrogens is 2. The summed E-state index contributed by atoms with van der Waals surface area (Å²) >= 11 is 12.0. The summed E-state index contributed by atoms with van der Waals surface area (Å²) in [5.74, 6) is 0.247. The molecule has 0 saturated carbocycles. The van der Waals surface area contributed by atoms with E-state index >= 15 is 0 Å². The van der Waals surface area contributed by atoms with Gasteiger partial charge in [0, 0.05) is 11.6 Å². The molecule has 0 saturated heterocycles. The zero-order chi connectivity index (χ0) is 18.9. The molecule has 2 aromatic carbocycles. The standard InChI is InChI=1S/C17H15Cl2N3O3S/c1-2-22(26(24,25)15-9-11(18)7-8-13(15)19)10-16-20-14-6-4-3-5-12(14)17(23)21-16/h3-9H,2,10H2,1H3,(H,20,21,23). The Bertz CT molecular complexity index is 1130. The molecule has 0 radical (unpaired) electrons. The van der Waals surface area contributed by atoms with Crippen molar-refractivity contribution >= 4 is 44.1 Å². The number of para-hydroxylation sites is 1. The fourth-order valence-corrected chi connectivity index (χ4v) is 4.71. The predicted octanol–water partition coefficient (Wildman–Crippen LogP) is 3.44. The highest BCUT2D eigenvalue weighted by molar-refractivity contribution is 7.89. The number of fused-ring (bicyclic) bond motifs is 1. The van der Waals surface area contributed by atoms with Gasteiger partial charge in [-0.15, -0.1) is 0 Å². The SMILES string of the molecule is CCN(Cc1nc2ccccc2c(=O)[nH]1)S(=O)(=O)c1cc(Cl)ccc1Cl. The first kappa shape index (κ1) is 18.8. The van der Waals surface area contributed by atoms with Crippen molar-refractivity contribution in [3.8, 4) is 0 Å². The van der Waals surface area contributed by atoms with Crippen LogP contribution in [0.3, 0.4) is 0 Å². The van der Waals surface area contributed by atoms with E-state index in [0.717, 1.165) is 0 Å². The van der Waals surface area contributed by atoms with Gasteiger partial charge in [0.05, 0.1) is 22.5 Å². The Morgan fingerprint density at radius 1 is 1.15 bits per heavy atom. The van der Waals surface area contributed by atoms with Crippen LogP contribution >= 0.6 is 23.2 Å². The number of aromatic amines is 1. The summed E-state index contributed by atoms with van der Waals surface area (Å²) in [7, 11) is -3.91. The van der Waals surface area contributed by atoms with Crippen LogP contribution in [0.5, 0.6) is 0 Å². The van der Waals surface area contributed by atoms with Crippen molar-refractivity contribution in [2.45, 2.75) is 18.4 Å². The van der Waals surface area contributed by atoms with Crippen LogP contribution < -0.4 is 5.56 Å². The van der Waals surface area contributed by atoms with Crippen molar-refractivity contribution < 1.29 is 8.42 Å². The van der Waals surface area contributed by atoms with Crippen molar-refractivity contribution in [2.24, 2.45) is 0 Å². The highest BCUT2D eigenvalue weighted by Crippen LogP contribution is 2.28. The second kappa shape index (κ2) is 7.36. The molecule has 3 rings (SSSR count). The molecule has 26 heavy (non-hydrogen) atoms. The van der Waals surface area contributed by atoms with Crippen LogP contribution in [0.15, 0.2) is 52.2 Å². The normalized spacial score (nSPS) is 12.0. The lowest BCUT2D eigenvalue weighted by Gasteiger charge is -2.21. The van der Waals surface area contributed by atoms with E-state index in [1.807, 2.05) is 0 Å². The number of nitrogens with one attached hydrogen (secondary N) is 1. The second-order valence-corrected chi connectivity index (χ2v) is 8.29. The van der Waals surface area contributed by atoms with E-state index in [2.05, 4.69) is 9.97 Å². The minimum absolute atomic E-state index is 0.0767. The van der Waals surface area contributed by atoms with Gasteiger partial charge in [0.25, 0.3) is 5.56 Å². The van der Waals surface area contributed by atoms with Crippen molar-refractivity contribution in [3.63, 3.8) is 0 Å². The topological polar surface area (TPSA) is 83.1 Å². The Labute approximate surface area is 160 Å². The molecule has 0 aliphatic heterocycles. The molecule has 136 valence electrons. The van der Waals surface area contributed by atoms with Gasteiger partial charge in [0.15, 0.2) is 0 Å². The van der Waals surface area contributed by atoms with Gasteiger partial charge in [-0.3, -0.25) is 4.79 Å². The van der Waals surface area contributed by atoms with Crippen molar-refractivity contribution in [3.05, 3.63) is 68.7 Å². The average molecular weight is 412 g/mol. The van der Waals surface area contributed by atoms with E-state index in [9.17, 15) is 13.2 Å². The maximum atomic E-state index is 13.0. The molecule has 1 heterocycles. The molecule has 0 aliphatic rings. The lowest BCUT2D eigenvalue weighted by Crippen LogP contribution is -2.32. The smallest absolute Gasteiger partial charge is 0.258 e. The highest BCUT2D eigenvalue weighted by atomic mass is 35.5. The molecule has 0 atom stereocenters. The number of benzene rings is 2. The van der Waals surface area contributed by atoms with Crippen LogP contribution in [-0.4, -0.2) is 29.2 Å². The number of sulfonamides is 1. The summed E-state index contributed by atoms with van der Waals surface area (Å²) in [6, 6.07) is 11.1. The lowest BCUT2D eigenvalue weighted by atomic mass is 10.2. The molecule has 0 spiro atoms. The number of hydrogen-bond donors (Lipinski definition) is 1. The zero-order valence-corrected chi connectivity index (χ0v) is 16.1.